The first kappa shape index (κ1) is 24.2. The Balaban J connectivity index is 1.33. The van der Waals surface area contributed by atoms with Crippen molar-refractivity contribution in [1.82, 2.24) is 9.97 Å². The number of nitrogens with zero attached hydrogens (tertiary/aromatic N) is 2. The largest absolute Gasteiger partial charge is 0.393 e. The van der Waals surface area contributed by atoms with Crippen molar-refractivity contribution in [2.24, 2.45) is 34.5 Å². The number of rotatable bonds is 2. The molecule has 6 rings (SSSR count). The molecular weight excluding hydrogens is 498 g/mol. The zero-order valence-electron chi connectivity index (χ0n) is 20.5. The molecule has 0 aromatic carbocycles. The summed E-state index contributed by atoms with van der Waals surface area (Å²) >= 11 is 7.21. The highest BCUT2D eigenvalue weighted by molar-refractivity contribution is 7.22. The number of hydrogen-bond acceptors (Lipinski definition) is 7. The molecule has 2 heterocycles. The standard InChI is InChI=1S/C27H30ClN3O4S/c1-13-10-17-16-5-4-14-11-15(32)8-9-25(14,2)21(16)19(33)12-26(17,3)27(13,35)23(34)31-24-29-18-6-7-20(28)30-22(18)36-24/h6-9,11,13,16-17,19,21,33,35H,4-5,10,12H2,1-3H3,(H,29,31,34)/t13-,16?,17?,19+,21?,25?,26?,27+/m1/s1. The normalized spacial score (nSPS) is 41.4. The van der Waals surface area contributed by atoms with Crippen LogP contribution in [-0.2, 0) is 9.59 Å². The third-order valence-corrected chi connectivity index (χ3v) is 11.0. The second-order valence-electron chi connectivity index (χ2n) is 11.5. The van der Waals surface area contributed by atoms with Crippen LogP contribution >= 0.6 is 22.9 Å². The van der Waals surface area contributed by atoms with Gasteiger partial charge in [0.05, 0.1) is 6.10 Å². The fourth-order valence-electron chi connectivity index (χ4n) is 8.18. The smallest absolute Gasteiger partial charge is 0.258 e. The lowest BCUT2D eigenvalue weighted by molar-refractivity contribution is -0.179. The van der Waals surface area contributed by atoms with Gasteiger partial charge in [-0.3, -0.25) is 14.9 Å². The number of carbonyl (C=O) groups is 2. The molecule has 2 aromatic rings. The number of aromatic nitrogens is 2. The third kappa shape index (κ3) is 3.17. The van der Waals surface area contributed by atoms with Gasteiger partial charge >= 0.3 is 0 Å². The molecule has 2 aromatic heterocycles. The number of nitrogens with one attached hydrogen (secondary N) is 1. The quantitative estimate of drug-likeness (QED) is 0.494. The summed E-state index contributed by atoms with van der Waals surface area (Å²) in [5, 5.41) is 27.3. The molecule has 0 saturated heterocycles. The number of aliphatic hydroxyl groups is 2. The average molecular weight is 528 g/mol. The molecular formula is C27H30ClN3O4S. The second kappa shape index (κ2) is 7.93. The van der Waals surface area contributed by atoms with Crippen molar-refractivity contribution in [3.05, 3.63) is 41.1 Å². The summed E-state index contributed by atoms with van der Waals surface area (Å²) in [4.78, 5) is 35.1. The van der Waals surface area contributed by atoms with Gasteiger partial charge in [0.2, 0.25) is 0 Å². The van der Waals surface area contributed by atoms with E-state index in [1.807, 2.05) is 19.9 Å². The number of carbonyl (C=O) groups excluding carboxylic acids is 2. The maximum Gasteiger partial charge on any atom is 0.258 e. The molecule has 4 aliphatic carbocycles. The van der Waals surface area contributed by atoms with Gasteiger partial charge in [0, 0.05) is 16.7 Å². The number of aliphatic hydroxyl groups excluding tert-OH is 1. The summed E-state index contributed by atoms with van der Waals surface area (Å²) in [5.74, 6) is -0.634. The highest BCUT2D eigenvalue weighted by Crippen LogP contribution is 2.68. The van der Waals surface area contributed by atoms with Gasteiger partial charge in [0.1, 0.15) is 15.5 Å². The minimum atomic E-state index is -1.66. The molecule has 9 heteroatoms. The number of allylic oxidation sites excluding steroid dienone is 4. The van der Waals surface area contributed by atoms with E-state index in [0.717, 1.165) is 18.4 Å². The van der Waals surface area contributed by atoms with Gasteiger partial charge in [-0.15, -0.1) is 0 Å². The minimum absolute atomic E-state index is 0.00363. The number of anilines is 1. The van der Waals surface area contributed by atoms with Gasteiger partial charge in [-0.25, -0.2) is 9.97 Å². The van der Waals surface area contributed by atoms with Crippen molar-refractivity contribution < 1.29 is 19.8 Å². The van der Waals surface area contributed by atoms with E-state index in [4.69, 9.17) is 11.6 Å². The monoisotopic (exact) mass is 527 g/mol. The van der Waals surface area contributed by atoms with E-state index < -0.39 is 23.0 Å². The summed E-state index contributed by atoms with van der Waals surface area (Å²) in [5.41, 5.74) is -1.14. The number of hydrogen-bond donors (Lipinski definition) is 3. The van der Waals surface area contributed by atoms with Crippen LogP contribution in [0.25, 0.3) is 10.3 Å². The first-order valence-corrected chi connectivity index (χ1v) is 13.8. The molecule has 3 N–H and O–H groups in total. The van der Waals surface area contributed by atoms with E-state index in [1.165, 1.54) is 11.3 Å². The first-order valence-electron chi connectivity index (χ1n) is 12.6. The topological polar surface area (TPSA) is 112 Å². The first-order chi connectivity index (χ1) is 17.0. The number of thiazole rings is 1. The summed E-state index contributed by atoms with van der Waals surface area (Å²) < 4.78 is 0. The fourth-order valence-corrected chi connectivity index (χ4v) is 9.21. The predicted octanol–water partition coefficient (Wildman–Crippen LogP) is 4.54. The third-order valence-electron chi connectivity index (χ3n) is 9.87. The Labute approximate surface area is 218 Å². The maximum absolute atomic E-state index is 13.8. The Bertz CT molecular complexity index is 1360. The molecule has 190 valence electrons. The highest BCUT2D eigenvalue weighted by atomic mass is 35.5. The lowest BCUT2D eigenvalue weighted by Crippen LogP contribution is -2.63. The summed E-state index contributed by atoms with van der Waals surface area (Å²) in [6.07, 6.45) is 7.25. The molecule has 3 fully saturated rings. The van der Waals surface area contributed by atoms with E-state index in [2.05, 4.69) is 22.2 Å². The number of amides is 1. The van der Waals surface area contributed by atoms with E-state index >= 15 is 0 Å². The van der Waals surface area contributed by atoms with Crippen LogP contribution in [0.3, 0.4) is 0 Å². The van der Waals surface area contributed by atoms with Crippen molar-refractivity contribution in [3.8, 4) is 0 Å². The molecule has 0 bridgehead atoms. The number of pyridine rings is 1. The van der Waals surface area contributed by atoms with Crippen LogP contribution < -0.4 is 5.32 Å². The zero-order valence-corrected chi connectivity index (χ0v) is 22.1. The Kier molecular flexibility index (Phi) is 5.34. The SMILES string of the molecule is C[C@@H]1CC2C3CCC4=CC(=O)C=CC4(C)C3[C@@H](O)CC2(C)[C@@]1(O)C(=O)Nc1nc2ccc(Cl)nc2s1. The Morgan fingerprint density at radius 3 is 2.83 bits per heavy atom. The molecule has 4 aliphatic rings. The Morgan fingerprint density at radius 2 is 2.06 bits per heavy atom. The van der Waals surface area contributed by atoms with Crippen molar-refractivity contribution in [3.63, 3.8) is 0 Å². The van der Waals surface area contributed by atoms with E-state index in [9.17, 15) is 19.8 Å². The second-order valence-corrected chi connectivity index (χ2v) is 12.9. The molecule has 8 atom stereocenters. The Hall–Kier alpha value is -2.13. The van der Waals surface area contributed by atoms with Crippen LogP contribution in [-0.4, -0.2) is 43.6 Å². The van der Waals surface area contributed by atoms with Crippen LogP contribution in [0.15, 0.2) is 35.9 Å². The summed E-state index contributed by atoms with van der Waals surface area (Å²) in [6, 6.07) is 3.40. The number of halogens is 1. The van der Waals surface area contributed by atoms with E-state index in [-0.39, 0.29) is 34.9 Å². The molecule has 36 heavy (non-hydrogen) atoms. The molecule has 0 aliphatic heterocycles. The minimum Gasteiger partial charge on any atom is -0.393 e. The molecule has 0 radical (unpaired) electrons. The molecule has 0 spiro atoms. The van der Waals surface area contributed by atoms with Gasteiger partial charge in [-0.05, 0) is 67.7 Å². The molecule has 5 unspecified atom stereocenters. The number of fused-ring (bicyclic) bond motifs is 6. The fraction of sp³-hybridized carbons (Fsp3) is 0.556. The highest BCUT2D eigenvalue weighted by Gasteiger charge is 2.70. The van der Waals surface area contributed by atoms with Crippen LogP contribution in [0.1, 0.15) is 46.5 Å². The van der Waals surface area contributed by atoms with Crippen LogP contribution in [0.2, 0.25) is 5.15 Å². The van der Waals surface area contributed by atoms with E-state index in [1.54, 1.807) is 24.3 Å². The van der Waals surface area contributed by atoms with Gasteiger partial charge in [0.15, 0.2) is 16.5 Å². The lowest BCUT2D eigenvalue weighted by Gasteiger charge is -2.59. The van der Waals surface area contributed by atoms with Crippen molar-refractivity contribution in [2.75, 3.05) is 5.32 Å². The van der Waals surface area contributed by atoms with Gasteiger partial charge < -0.3 is 10.2 Å². The lowest BCUT2D eigenvalue weighted by atomic mass is 9.46. The van der Waals surface area contributed by atoms with E-state index in [0.29, 0.717) is 33.5 Å². The van der Waals surface area contributed by atoms with Crippen LogP contribution in [0.4, 0.5) is 5.13 Å². The van der Waals surface area contributed by atoms with Crippen molar-refractivity contribution in [2.45, 2.75) is 58.2 Å². The van der Waals surface area contributed by atoms with Gasteiger partial charge in [-0.2, -0.15) is 0 Å². The summed E-state index contributed by atoms with van der Waals surface area (Å²) in [7, 11) is 0. The predicted molar refractivity (Wildman–Crippen MR) is 139 cm³/mol. The van der Waals surface area contributed by atoms with Crippen molar-refractivity contribution >= 4 is 50.1 Å². The van der Waals surface area contributed by atoms with Crippen LogP contribution in [0, 0.1) is 34.5 Å². The van der Waals surface area contributed by atoms with Crippen molar-refractivity contribution in [1.29, 1.82) is 0 Å². The average Bonchev–Trinajstić information content (AvgIpc) is 3.30. The maximum atomic E-state index is 13.8. The molecule has 3 saturated carbocycles. The van der Waals surface area contributed by atoms with Crippen LogP contribution in [0.5, 0.6) is 0 Å². The molecule has 7 nitrogen and oxygen atoms in total. The Morgan fingerprint density at radius 1 is 1.28 bits per heavy atom. The zero-order chi connectivity index (χ0) is 25.6. The molecule has 1 amide bonds. The van der Waals surface area contributed by atoms with Gasteiger partial charge in [-0.1, -0.05) is 55.4 Å². The summed E-state index contributed by atoms with van der Waals surface area (Å²) in [6.45, 7) is 6.02. The number of ketones is 1. The van der Waals surface area contributed by atoms with Gasteiger partial charge in [0.25, 0.3) is 5.91 Å².